The summed E-state index contributed by atoms with van der Waals surface area (Å²) in [5.41, 5.74) is 0.910. The van der Waals surface area contributed by atoms with Crippen LogP contribution < -0.4 is 0 Å². The quantitative estimate of drug-likeness (QED) is 0.686. The van der Waals surface area contributed by atoms with E-state index in [9.17, 15) is 4.79 Å². The van der Waals surface area contributed by atoms with Crippen LogP contribution in [0.1, 0.15) is 15.2 Å². The Bertz CT molecular complexity index is 516. The zero-order chi connectivity index (χ0) is 10.3. The topological polar surface area (TPSA) is 17.1 Å². The second kappa shape index (κ2) is 3.54. The zero-order valence-electron chi connectivity index (χ0n) is 7.30. The molecule has 2 aromatic rings. The molecule has 14 heavy (non-hydrogen) atoms. The molecule has 1 aromatic carbocycles. The van der Waals surface area contributed by atoms with Gasteiger partial charge in [-0.25, -0.2) is 0 Å². The van der Waals surface area contributed by atoms with Crippen molar-refractivity contribution in [3.63, 3.8) is 0 Å². The molecule has 0 unspecified atom stereocenters. The van der Waals surface area contributed by atoms with Crippen LogP contribution >= 0.6 is 34.5 Å². The van der Waals surface area contributed by atoms with E-state index in [1.54, 1.807) is 0 Å². The molecule has 0 fully saturated rings. The van der Waals surface area contributed by atoms with E-state index in [4.69, 9.17) is 23.2 Å². The Balaban J connectivity index is 2.80. The van der Waals surface area contributed by atoms with Crippen LogP contribution in [0.25, 0.3) is 10.1 Å². The maximum atomic E-state index is 11.1. The Morgan fingerprint density at radius 2 is 2.14 bits per heavy atom. The fourth-order valence-electron chi connectivity index (χ4n) is 1.38. The van der Waals surface area contributed by atoms with Gasteiger partial charge in [0.05, 0.1) is 4.88 Å². The average Bonchev–Trinajstić information content (AvgIpc) is 2.44. The minimum Gasteiger partial charge on any atom is -0.275 e. The highest BCUT2D eigenvalue weighted by molar-refractivity contribution is 7.22. The van der Waals surface area contributed by atoms with E-state index in [2.05, 4.69) is 0 Å². The fraction of sp³-hybridized carbons (Fsp3) is 0.100. The van der Waals surface area contributed by atoms with Crippen LogP contribution in [-0.4, -0.2) is 5.24 Å². The van der Waals surface area contributed by atoms with E-state index in [0.717, 1.165) is 15.6 Å². The van der Waals surface area contributed by atoms with Crippen molar-refractivity contribution in [1.82, 2.24) is 0 Å². The van der Waals surface area contributed by atoms with Crippen molar-refractivity contribution >= 4 is 49.9 Å². The molecule has 72 valence electrons. The van der Waals surface area contributed by atoms with Crippen LogP contribution in [0.3, 0.4) is 0 Å². The molecule has 0 bridgehead atoms. The Morgan fingerprint density at radius 3 is 2.79 bits per heavy atom. The van der Waals surface area contributed by atoms with Gasteiger partial charge in [-0.2, -0.15) is 0 Å². The number of hydrogen-bond donors (Lipinski definition) is 0. The minimum atomic E-state index is -0.403. The van der Waals surface area contributed by atoms with E-state index in [1.165, 1.54) is 11.3 Å². The molecule has 0 aliphatic rings. The first-order chi connectivity index (χ1) is 6.59. The first-order valence-electron chi connectivity index (χ1n) is 3.98. The van der Waals surface area contributed by atoms with Crippen molar-refractivity contribution < 1.29 is 4.79 Å². The van der Waals surface area contributed by atoms with Gasteiger partial charge in [0.25, 0.3) is 5.24 Å². The van der Waals surface area contributed by atoms with Gasteiger partial charge in [0.15, 0.2) is 0 Å². The lowest BCUT2D eigenvalue weighted by Crippen LogP contribution is -1.85. The number of fused-ring (bicyclic) bond motifs is 1. The summed E-state index contributed by atoms with van der Waals surface area (Å²) in [5, 5.41) is 1.28. The first-order valence-corrected chi connectivity index (χ1v) is 5.55. The van der Waals surface area contributed by atoms with Gasteiger partial charge in [0.1, 0.15) is 0 Å². The Hall–Kier alpha value is -0.570. The third-order valence-electron chi connectivity index (χ3n) is 2.08. The summed E-state index contributed by atoms with van der Waals surface area (Å²) in [4.78, 5) is 11.7. The van der Waals surface area contributed by atoms with Crippen LogP contribution in [0.15, 0.2) is 18.2 Å². The van der Waals surface area contributed by atoms with E-state index < -0.39 is 5.24 Å². The van der Waals surface area contributed by atoms with Gasteiger partial charge in [-0.15, -0.1) is 11.3 Å². The van der Waals surface area contributed by atoms with Crippen molar-refractivity contribution in [3.8, 4) is 0 Å². The third kappa shape index (κ3) is 1.54. The predicted molar refractivity (Wildman–Crippen MR) is 61.8 cm³/mol. The lowest BCUT2D eigenvalue weighted by Gasteiger charge is -1.92. The average molecular weight is 245 g/mol. The van der Waals surface area contributed by atoms with Gasteiger partial charge >= 0.3 is 0 Å². The number of aryl methyl sites for hydroxylation is 1. The predicted octanol–water partition coefficient (Wildman–Crippen LogP) is 4.24. The maximum absolute atomic E-state index is 11.1. The molecular weight excluding hydrogens is 239 g/mol. The molecule has 0 spiro atoms. The van der Waals surface area contributed by atoms with E-state index >= 15 is 0 Å². The van der Waals surface area contributed by atoms with Crippen molar-refractivity contribution in [3.05, 3.63) is 33.7 Å². The Kier molecular flexibility index (Phi) is 2.52. The molecular formula is C10H6Cl2OS. The number of carbonyl (C=O) groups is 1. The number of rotatable bonds is 1. The fourth-order valence-corrected chi connectivity index (χ4v) is 2.83. The summed E-state index contributed by atoms with van der Waals surface area (Å²) in [5.74, 6) is 0. The normalized spacial score (nSPS) is 10.8. The number of carbonyl (C=O) groups excluding carboxylic acids is 1. The van der Waals surface area contributed by atoms with E-state index in [0.29, 0.717) is 9.90 Å². The number of thiophene rings is 1. The molecule has 0 saturated heterocycles. The summed E-state index contributed by atoms with van der Waals surface area (Å²) in [6.45, 7) is 1.88. The molecule has 1 aromatic heterocycles. The lowest BCUT2D eigenvalue weighted by atomic mass is 10.1. The minimum absolute atomic E-state index is 0.403. The summed E-state index contributed by atoms with van der Waals surface area (Å²) in [6, 6.07) is 5.56. The van der Waals surface area contributed by atoms with Gasteiger partial charge < -0.3 is 0 Å². The van der Waals surface area contributed by atoms with Gasteiger partial charge in [0.2, 0.25) is 0 Å². The van der Waals surface area contributed by atoms with Crippen molar-refractivity contribution in [2.75, 3.05) is 0 Å². The van der Waals surface area contributed by atoms with Crippen molar-refractivity contribution in [2.45, 2.75) is 6.92 Å². The molecule has 0 radical (unpaired) electrons. The molecule has 0 amide bonds. The van der Waals surface area contributed by atoms with Gasteiger partial charge in [-0.1, -0.05) is 11.6 Å². The van der Waals surface area contributed by atoms with Crippen LogP contribution in [0.5, 0.6) is 0 Å². The number of benzene rings is 1. The van der Waals surface area contributed by atoms with Crippen LogP contribution in [0, 0.1) is 6.92 Å². The standard InChI is InChI=1S/C10H6Cl2OS/c1-5-7-4-6(11)2-3-8(7)14-9(5)10(12)13/h2-4H,1H3. The number of hydrogen-bond acceptors (Lipinski definition) is 2. The zero-order valence-corrected chi connectivity index (χ0v) is 9.63. The SMILES string of the molecule is Cc1c(C(=O)Cl)sc2ccc(Cl)cc12. The molecule has 0 aliphatic heterocycles. The van der Waals surface area contributed by atoms with Crippen molar-refractivity contribution in [1.29, 1.82) is 0 Å². The molecule has 0 saturated carbocycles. The van der Waals surface area contributed by atoms with Crippen LogP contribution in [0.2, 0.25) is 5.02 Å². The summed E-state index contributed by atoms with van der Waals surface area (Å²) < 4.78 is 1.04. The third-order valence-corrected chi connectivity index (χ3v) is 3.88. The van der Waals surface area contributed by atoms with E-state index in [1.807, 2.05) is 25.1 Å². The second-order valence-corrected chi connectivity index (χ2v) is 4.80. The summed E-state index contributed by atoms with van der Waals surface area (Å²) in [6.07, 6.45) is 0. The monoisotopic (exact) mass is 244 g/mol. The molecule has 2 rings (SSSR count). The van der Waals surface area contributed by atoms with Gasteiger partial charge in [-0.05, 0) is 47.7 Å². The lowest BCUT2D eigenvalue weighted by molar-refractivity contribution is 0.108. The highest BCUT2D eigenvalue weighted by Gasteiger charge is 2.13. The molecule has 0 atom stereocenters. The number of halogens is 2. The smallest absolute Gasteiger partial charge is 0.262 e. The highest BCUT2D eigenvalue weighted by Crippen LogP contribution is 2.33. The van der Waals surface area contributed by atoms with Crippen LogP contribution in [-0.2, 0) is 0 Å². The van der Waals surface area contributed by atoms with Crippen LogP contribution in [0.4, 0.5) is 0 Å². The molecule has 0 aliphatic carbocycles. The maximum Gasteiger partial charge on any atom is 0.262 e. The summed E-state index contributed by atoms with van der Waals surface area (Å²) in [7, 11) is 0. The second-order valence-electron chi connectivity index (χ2n) is 2.97. The first kappa shape index (κ1) is 9.97. The van der Waals surface area contributed by atoms with E-state index in [-0.39, 0.29) is 0 Å². The molecule has 4 heteroatoms. The largest absolute Gasteiger partial charge is 0.275 e. The van der Waals surface area contributed by atoms with Gasteiger partial charge in [-0.3, -0.25) is 4.79 Å². The van der Waals surface area contributed by atoms with Crippen molar-refractivity contribution in [2.24, 2.45) is 0 Å². The van der Waals surface area contributed by atoms with Gasteiger partial charge in [0, 0.05) is 9.72 Å². The highest BCUT2D eigenvalue weighted by atomic mass is 35.5. The molecule has 1 nitrogen and oxygen atoms in total. The molecule has 1 heterocycles. The Labute approximate surface area is 95.3 Å². The summed E-state index contributed by atoms with van der Waals surface area (Å²) >= 11 is 12.7. The molecule has 0 N–H and O–H groups in total. The Morgan fingerprint density at radius 1 is 1.43 bits per heavy atom.